The predicted molar refractivity (Wildman–Crippen MR) is 41.0 cm³/mol. The summed E-state index contributed by atoms with van der Waals surface area (Å²) in [4.78, 5) is 0. The third-order valence-corrected chi connectivity index (χ3v) is 0.744. The SMILES string of the molecule is CC.Nc1cc[c-]cc1.[Ru+]. The van der Waals surface area contributed by atoms with Gasteiger partial charge < -0.3 is 5.73 Å². The minimum absolute atomic E-state index is 0. The van der Waals surface area contributed by atoms with E-state index in [9.17, 15) is 0 Å². The van der Waals surface area contributed by atoms with Crippen LogP contribution in [0.5, 0.6) is 0 Å². The van der Waals surface area contributed by atoms with Crippen molar-refractivity contribution in [2.45, 2.75) is 13.8 Å². The van der Waals surface area contributed by atoms with Crippen LogP contribution in [-0.2, 0) is 19.5 Å². The van der Waals surface area contributed by atoms with E-state index >= 15 is 0 Å². The molecule has 0 bridgehead atoms. The number of rotatable bonds is 0. The first-order valence-electron chi connectivity index (χ1n) is 3.11. The second-order valence-electron chi connectivity index (χ2n) is 1.33. The quantitative estimate of drug-likeness (QED) is 0.407. The normalized spacial score (nSPS) is 6.60. The smallest absolute Gasteiger partial charge is 0.419 e. The van der Waals surface area contributed by atoms with Gasteiger partial charge in [-0.2, -0.15) is 18.2 Å². The van der Waals surface area contributed by atoms with Crippen LogP contribution in [0, 0.1) is 6.07 Å². The van der Waals surface area contributed by atoms with Gasteiger partial charge in [-0.05, 0) is 0 Å². The van der Waals surface area contributed by atoms with Crippen LogP contribution in [-0.4, -0.2) is 0 Å². The van der Waals surface area contributed by atoms with Gasteiger partial charge in [0.1, 0.15) is 0 Å². The van der Waals surface area contributed by atoms with E-state index in [4.69, 9.17) is 5.73 Å². The van der Waals surface area contributed by atoms with E-state index in [-0.39, 0.29) is 19.5 Å². The van der Waals surface area contributed by atoms with E-state index in [1.165, 1.54) is 0 Å². The molecule has 1 rings (SSSR count). The number of nitrogen functional groups attached to an aromatic ring is 1. The fourth-order valence-electron chi connectivity index (χ4n) is 0.400. The first-order valence-corrected chi connectivity index (χ1v) is 3.11. The molecule has 0 unspecified atom stereocenters. The summed E-state index contributed by atoms with van der Waals surface area (Å²) in [5.74, 6) is 0. The molecule has 0 saturated carbocycles. The van der Waals surface area contributed by atoms with Crippen molar-refractivity contribution in [2.24, 2.45) is 0 Å². The van der Waals surface area contributed by atoms with E-state index in [2.05, 4.69) is 6.07 Å². The summed E-state index contributed by atoms with van der Waals surface area (Å²) in [7, 11) is 0. The largest absolute Gasteiger partial charge is 1.00 e. The fraction of sp³-hybridized carbons (Fsp3) is 0.250. The molecule has 1 nitrogen and oxygen atoms in total. The van der Waals surface area contributed by atoms with Crippen molar-refractivity contribution in [3.05, 3.63) is 30.3 Å². The third kappa shape index (κ3) is 5.77. The first-order chi connectivity index (χ1) is 4.39. The Bertz CT molecular complexity index is 139. The standard InChI is InChI=1S/C6H6N.C2H6.Ru/c7-6-4-2-1-3-5-6;1-2;/h2-5H,7H2;1-2H3;/q-1;;+1. The van der Waals surface area contributed by atoms with Gasteiger partial charge in [-0.15, -0.1) is 12.1 Å². The van der Waals surface area contributed by atoms with E-state index in [1.807, 2.05) is 13.8 Å². The molecule has 0 atom stereocenters. The number of anilines is 1. The molecule has 0 heterocycles. The summed E-state index contributed by atoms with van der Waals surface area (Å²) in [5, 5.41) is 0. The maximum atomic E-state index is 5.34. The van der Waals surface area contributed by atoms with Crippen LogP contribution in [0.4, 0.5) is 5.69 Å². The van der Waals surface area contributed by atoms with Gasteiger partial charge in [0.25, 0.3) is 0 Å². The topological polar surface area (TPSA) is 26.0 Å². The second-order valence-corrected chi connectivity index (χ2v) is 1.33. The number of hydrogen-bond donors (Lipinski definition) is 1. The van der Waals surface area contributed by atoms with E-state index < -0.39 is 0 Å². The fourth-order valence-corrected chi connectivity index (χ4v) is 0.400. The van der Waals surface area contributed by atoms with Crippen molar-refractivity contribution in [3.8, 4) is 0 Å². The summed E-state index contributed by atoms with van der Waals surface area (Å²) in [6.45, 7) is 4.00. The Morgan fingerprint density at radius 1 is 1.20 bits per heavy atom. The van der Waals surface area contributed by atoms with Crippen molar-refractivity contribution in [2.75, 3.05) is 5.73 Å². The monoisotopic (exact) mass is 224 g/mol. The van der Waals surface area contributed by atoms with E-state index in [0.717, 1.165) is 5.69 Å². The summed E-state index contributed by atoms with van der Waals surface area (Å²) < 4.78 is 0. The molecule has 0 aromatic heterocycles. The Kier molecular flexibility index (Phi) is 10.7. The van der Waals surface area contributed by atoms with Gasteiger partial charge in [0.05, 0.1) is 0 Å². The molecule has 1 aromatic rings. The van der Waals surface area contributed by atoms with Crippen LogP contribution < -0.4 is 5.73 Å². The minimum atomic E-state index is 0. The Balaban J connectivity index is 0. The van der Waals surface area contributed by atoms with E-state index in [0.29, 0.717) is 0 Å². The van der Waals surface area contributed by atoms with Gasteiger partial charge in [0.15, 0.2) is 0 Å². The summed E-state index contributed by atoms with van der Waals surface area (Å²) in [6, 6.07) is 10.0. The molecule has 0 amide bonds. The Morgan fingerprint density at radius 2 is 1.60 bits per heavy atom. The molecule has 0 aliphatic carbocycles. The minimum Gasteiger partial charge on any atom is -0.419 e. The molecule has 0 spiro atoms. The molecule has 1 radical (unpaired) electrons. The maximum absolute atomic E-state index is 5.34. The van der Waals surface area contributed by atoms with E-state index in [1.54, 1.807) is 24.3 Å². The summed E-state index contributed by atoms with van der Waals surface area (Å²) in [6.07, 6.45) is 0. The molecule has 10 heavy (non-hydrogen) atoms. The number of nitrogens with two attached hydrogens (primary N) is 1. The average Bonchev–Trinajstić information content (AvgIpc) is 1.94. The van der Waals surface area contributed by atoms with Crippen LogP contribution in [0.25, 0.3) is 0 Å². The van der Waals surface area contributed by atoms with Gasteiger partial charge in [-0.3, -0.25) is 0 Å². The third-order valence-electron chi connectivity index (χ3n) is 0.744. The number of hydrogen-bond acceptors (Lipinski definition) is 1. The zero-order valence-electron chi connectivity index (χ0n) is 6.24. The molecule has 0 aliphatic heterocycles. The molecule has 57 valence electrons. The van der Waals surface area contributed by atoms with Crippen molar-refractivity contribution in [3.63, 3.8) is 0 Å². The van der Waals surface area contributed by atoms with Crippen molar-refractivity contribution in [1.29, 1.82) is 0 Å². The van der Waals surface area contributed by atoms with Crippen LogP contribution >= 0.6 is 0 Å². The van der Waals surface area contributed by atoms with Crippen molar-refractivity contribution >= 4 is 5.69 Å². The second kappa shape index (κ2) is 8.64. The number of benzene rings is 1. The zero-order chi connectivity index (χ0) is 7.11. The summed E-state index contributed by atoms with van der Waals surface area (Å²) >= 11 is 0. The Morgan fingerprint density at radius 3 is 1.80 bits per heavy atom. The van der Waals surface area contributed by atoms with Crippen molar-refractivity contribution in [1.82, 2.24) is 0 Å². The molecular formula is C8H12NRu. The van der Waals surface area contributed by atoms with Gasteiger partial charge in [0, 0.05) is 0 Å². The zero-order valence-corrected chi connectivity index (χ0v) is 7.98. The first kappa shape index (κ1) is 12.3. The molecule has 2 N–H and O–H groups in total. The molecule has 2 heteroatoms. The maximum Gasteiger partial charge on any atom is 1.00 e. The summed E-state index contributed by atoms with van der Waals surface area (Å²) in [5.41, 5.74) is 6.13. The van der Waals surface area contributed by atoms with Gasteiger partial charge in [0.2, 0.25) is 0 Å². The van der Waals surface area contributed by atoms with Crippen molar-refractivity contribution < 1.29 is 19.5 Å². The molecule has 1 aromatic carbocycles. The van der Waals surface area contributed by atoms with Crippen LogP contribution in [0.1, 0.15) is 13.8 Å². The van der Waals surface area contributed by atoms with Crippen LogP contribution in [0.15, 0.2) is 24.3 Å². The Hall–Kier alpha value is -0.357. The molecule has 0 aliphatic rings. The van der Waals surface area contributed by atoms with Crippen LogP contribution in [0.2, 0.25) is 0 Å². The predicted octanol–water partition coefficient (Wildman–Crippen LogP) is 2.09. The van der Waals surface area contributed by atoms with Gasteiger partial charge >= 0.3 is 19.5 Å². The van der Waals surface area contributed by atoms with Gasteiger partial charge in [-0.25, -0.2) is 0 Å². The van der Waals surface area contributed by atoms with Crippen LogP contribution in [0.3, 0.4) is 0 Å². The van der Waals surface area contributed by atoms with Gasteiger partial charge in [-0.1, -0.05) is 19.5 Å². The Labute approximate surface area is 75.4 Å². The molecule has 0 saturated heterocycles. The average molecular weight is 223 g/mol. The molecular weight excluding hydrogens is 211 g/mol. The molecule has 0 fully saturated rings.